The molecule has 0 unspecified atom stereocenters. The SMILES string of the molecule is C=C(/N=C(\c1c(C2CC2)cnc(F)c1N)N1CCNCC1)c1ccnc2[nH]c(C(C)(C)C)cc12. The van der Waals surface area contributed by atoms with Crippen molar-refractivity contribution in [3.63, 3.8) is 0 Å². The maximum absolute atomic E-state index is 14.6. The maximum atomic E-state index is 14.6. The van der Waals surface area contributed by atoms with E-state index in [1.54, 1.807) is 12.4 Å². The van der Waals surface area contributed by atoms with Crippen LogP contribution in [-0.4, -0.2) is 51.9 Å². The van der Waals surface area contributed by atoms with Crippen LogP contribution in [0.25, 0.3) is 16.7 Å². The maximum Gasteiger partial charge on any atom is 0.236 e. The van der Waals surface area contributed by atoms with Gasteiger partial charge in [-0.15, -0.1) is 0 Å². The van der Waals surface area contributed by atoms with Crippen LogP contribution in [0.1, 0.15) is 61.9 Å². The Bertz CT molecular complexity index is 1270. The van der Waals surface area contributed by atoms with E-state index in [1.807, 2.05) is 6.07 Å². The number of piperazine rings is 1. The van der Waals surface area contributed by atoms with Gasteiger partial charge in [0.15, 0.2) is 0 Å². The number of aliphatic imine (C=N–C) groups is 1. The van der Waals surface area contributed by atoms with Crippen LogP contribution in [0.5, 0.6) is 0 Å². The number of nitrogen functional groups attached to an aromatic ring is 1. The zero-order valence-electron chi connectivity index (χ0n) is 20.1. The Morgan fingerprint density at radius 3 is 2.65 bits per heavy atom. The fourth-order valence-corrected chi connectivity index (χ4v) is 4.50. The van der Waals surface area contributed by atoms with Crippen LogP contribution in [-0.2, 0) is 5.41 Å². The Morgan fingerprint density at radius 1 is 1.24 bits per heavy atom. The Balaban J connectivity index is 1.65. The molecule has 0 spiro atoms. The summed E-state index contributed by atoms with van der Waals surface area (Å²) in [6.45, 7) is 14.0. The second-order valence-electron chi connectivity index (χ2n) is 10.2. The summed E-state index contributed by atoms with van der Waals surface area (Å²) in [4.78, 5) is 19.1. The standard InChI is InChI=1S/C26H32FN7/c1-15(17-7-8-30-24-18(17)13-20(33-24)26(2,3)4)32-25(34-11-9-29-10-12-34)21-19(16-5-6-16)14-31-23(27)22(21)28/h7-8,13-14,16,29H,1,5-6,9-12,28H2,2-4H3,(H,30,33)/b32-25+. The normalized spacial score (nSPS) is 17.4. The highest BCUT2D eigenvalue weighted by Gasteiger charge is 2.32. The highest BCUT2D eigenvalue weighted by molar-refractivity contribution is 6.07. The third kappa shape index (κ3) is 4.18. The van der Waals surface area contributed by atoms with Crippen LogP contribution < -0.4 is 11.1 Å². The van der Waals surface area contributed by atoms with E-state index in [9.17, 15) is 4.39 Å². The third-order valence-electron chi connectivity index (χ3n) is 6.65. The van der Waals surface area contributed by atoms with Crippen molar-refractivity contribution in [2.24, 2.45) is 4.99 Å². The number of fused-ring (bicyclic) bond motifs is 1. The number of halogens is 1. The Hall–Kier alpha value is -3.26. The second-order valence-corrected chi connectivity index (χ2v) is 10.2. The monoisotopic (exact) mass is 461 g/mol. The lowest BCUT2D eigenvalue weighted by atomic mass is 9.92. The summed E-state index contributed by atoms with van der Waals surface area (Å²) in [6, 6.07) is 4.06. The lowest BCUT2D eigenvalue weighted by Gasteiger charge is -2.32. The Morgan fingerprint density at radius 2 is 1.97 bits per heavy atom. The van der Waals surface area contributed by atoms with E-state index in [0.717, 1.165) is 66.9 Å². The number of nitrogens with zero attached hydrogens (tertiary/aromatic N) is 4. The van der Waals surface area contributed by atoms with Gasteiger partial charge in [0.25, 0.3) is 0 Å². The van der Waals surface area contributed by atoms with Crippen molar-refractivity contribution in [1.82, 2.24) is 25.2 Å². The predicted molar refractivity (Wildman–Crippen MR) is 135 cm³/mol. The molecule has 1 saturated carbocycles. The van der Waals surface area contributed by atoms with Gasteiger partial charge in [-0.1, -0.05) is 27.4 Å². The average molecular weight is 462 g/mol. The van der Waals surface area contributed by atoms with Gasteiger partial charge in [-0.25, -0.2) is 15.0 Å². The van der Waals surface area contributed by atoms with Gasteiger partial charge in [0.2, 0.25) is 5.95 Å². The number of hydrogen-bond donors (Lipinski definition) is 3. The molecule has 3 aromatic heterocycles. The van der Waals surface area contributed by atoms with E-state index in [-0.39, 0.29) is 11.1 Å². The topological polar surface area (TPSA) is 95.2 Å². The number of anilines is 1. The summed E-state index contributed by atoms with van der Waals surface area (Å²) in [5, 5.41) is 4.34. The van der Waals surface area contributed by atoms with Crippen molar-refractivity contribution in [2.45, 2.75) is 44.9 Å². The zero-order valence-corrected chi connectivity index (χ0v) is 20.1. The molecule has 2 aliphatic rings. The number of hydrogen-bond acceptors (Lipinski definition) is 5. The van der Waals surface area contributed by atoms with Crippen LogP contribution in [0.4, 0.5) is 10.1 Å². The number of H-pyrrole nitrogens is 1. The molecule has 2 fully saturated rings. The highest BCUT2D eigenvalue weighted by atomic mass is 19.1. The summed E-state index contributed by atoms with van der Waals surface area (Å²) in [6.07, 6.45) is 5.51. The lowest BCUT2D eigenvalue weighted by Crippen LogP contribution is -2.47. The number of amidine groups is 1. The van der Waals surface area contributed by atoms with E-state index < -0.39 is 5.95 Å². The summed E-state index contributed by atoms with van der Waals surface area (Å²) >= 11 is 0. The van der Waals surface area contributed by atoms with E-state index >= 15 is 0 Å². The lowest BCUT2D eigenvalue weighted by molar-refractivity contribution is 0.358. The molecule has 0 radical (unpaired) electrons. The van der Waals surface area contributed by atoms with E-state index in [2.05, 4.69) is 58.6 Å². The fraction of sp³-hybridized carbons (Fsp3) is 0.423. The number of pyridine rings is 2. The molecule has 0 bridgehead atoms. The zero-order chi connectivity index (χ0) is 24.0. The van der Waals surface area contributed by atoms with Gasteiger partial charge in [-0.05, 0) is 36.5 Å². The van der Waals surface area contributed by atoms with Crippen LogP contribution in [0, 0.1) is 5.95 Å². The van der Waals surface area contributed by atoms with Crippen LogP contribution in [0.2, 0.25) is 0 Å². The number of nitrogens with one attached hydrogen (secondary N) is 2. The number of nitrogens with two attached hydrogens (primary N) is 1. The summed E-state index contributed by atoms with van der Waals surface area (Å²) in [5.41, 5.74) is 11.3. The molecule has 0 amide bonds. The molecule has 1 saturated heterocycles. The molecule has 8 heteroatoms. The Kier molecular flexibility index (Phi) is 5.64. The molecule has 7 nitrogen and oxygen atoms in total. The number of aromatic amines is 1. The summed E-state index contributed by atoms with van der Waals surface area (Å²) in [5.74, 6) is 0.363. The van der Waals surface area contributed by atoms with Gasteiger partial charge < -0.3 is 20.9 Å². The molecule has 34 heavy (non-hydrogen) atoms. The summed E-state index contributed by atoms with van der Waals surface area (Å²) in [7, 11) is 0. The number of aromatic nitrogens is 3. The molecule has 1 aliphatic carbocycles. The minimum absolute atomic E-state index is 0.0449. The van der Waals surface area contributed by atoms with Gasteiger partial charge in [0.05, 0.1) is 11.4 Å². The molecule has 0 atom stereocenters. The minimum Gasteiger partial charge on any atom is -0.394 e. The van der Waals surface area contributed by atoms with E-state index in [0.29, 0.717) is 23.0 Å². The molecule has 0 aromatic carbocycles. The molecule has 4 heterocycles. The van der Waals surface area contributed by atoms with Gasteiger partial charge in [0.1, 0.15) is 11.5 Å². The first-order valence-electron chi connectivity index (χ1n) is 11.9. The largest absolute Gasteiger partial charge is 0.394 e. The predicted octanol–water partition coefficient (Wildman–Crippen LogP) is 4.18. The smallest absolute Gasteiger partial charge is 0.236 e. The molecular formula is C26H32FN7. The van der Waals surface area contributed by atoms with Crippen LogP contribution in [0.3, 0.4) is 0 Å². The third-order valence-corrected chi connectivity index (χ3v) is 6.65. The number of rotatable bonds is 4. The van der Waals surface area contributed by atoms with Gasteiger partial charge in [-0.2, -0.15) is 4.39 Å². The quantitative estimate of drug-likeness (QED) is 0.308. The summed E-state index contributed by atoms with van der Waals surface area (Å²) < 4.78 is 14.6. The molecule has 4 N–H and O–H groups in total. The van der Waals surface area contributed by atoms with Gasteiger partial charge in [0, 0.05) is 66.2 Å². The van der Waals surface area contributed by atoms with E-state index in [4.69, 9.17) is 10.7 Å². The average Bonchev–Trinajstić information content (AvgIpc) is 3.55. The van der Waals surface area contributed by atoms with Crippen molar-refractivity contribution in [1.29, 1.82) is 0 Å². The van der Waals surface area contributed by atoms with Crippen LogP contribution in [0.15, 0.2) is 36.1 Å². The minimum atomic E-state index is -0.653. The molecule has 1 aliphatic heterocycles. The first kappa shape index (κ1) is 22.5. The first-order chi connectivity index (χ1) is 16.2. The highest BCUT2D eigenvalue weighted by Crippen LogP contribution is 2.43. The molecule has 5 rings (SSSR count). The molecule has 3 aromatic rings. The molecular weight excluding hydrogens is 429 g/mol. The fourth-order valence-electron chi connectivity index (χ4n) is 4.50. The van der Waals surface area contributed by atoms with Crippen molar-refractivity contribution in [3.05, 3.63) is 59.4 Å². The Labute approximate surface area is 199 Å². The van der Waals surface area contributed by atoms with Crippen molar-refractivity contribution >= 4 is 28.3 Å². The van der Waals surface area contributed by atoms with Crippen LogP contribution >= 0.6 is 0 Å². The van der Waals surface area contributed by atoms with Crippen molar-refractivity contribution < 1.29 is 4.39 Å². The van der Waals surface area contributed by atoms with Crippen molar-refractivity contribution in [3.8, 4) is 0 Å². The van der Waals surface area contributed by atoms with Crippen molar-refractivity contribution in [2.75, 3.05) is 31.9 Å². The molecule has 178 valence electrons. The van der Waals surface area contributed by atoms with Gasteiger partial charge in [-0.3, -0.25) is 0 Å². The van der Waals surface area contributed by atoms with E-state index in [1.165, 1.54) is 0 Å². The second kappa shape index (κ2) is 8.51. The van der Waals surface area contributed by atoms with Gasteiger partial charge >= 0.3 is 0 Å². The first-order valence-corrected chi connectivity index (χ1v) is 11.9.